The molecule has 0 aliphatic rings. The van der Waals surface area contributed by atoms with E-state index in [9.17, 15) is 21.6 Å². The Morgan fingerprint density at radius 1 is 1.08 bits per heavy atom. The standard InChI is InChI=1S/C15H14F3NO3S.ClH/c1-23(20,21)14-4-2-3-11(8-14)12-5-10(9-19)6-13(7-12)22-15(16,17)18;/h2-8H,9,19H2,1H3;1H. The number of nitrogens with two attached hydrogens (primary N) is 1. The second kappa shape index (κ2) is 7.42. The molecule has 0 fully saturated rings. The van der Waals surface area contributed by atoms with E-state index < -0.39 is 21.9 Å². The number of hydrogen-bond acceptors (Lipinski definition) is 4. The molecule has 0 amide bonds. The molecule has 2 aromatic carbocycles. The van der Waals surface area contributed by atoms with Crippen LogP contribution in [0.25, 0.3) is 11.1 Å². The Balaban J connectivity index is 0.00000288. The molecule has 2 N–H and O–H groups in total. The first-order chi connectivity index (χ1) is 10.6. The lowest BCUT2D eigenvalue weighted by Crippen LogP contribution is -2.17. The first-order valence-corrected chi connectivity index (χ1v) is 8.38. The number of rotatable bonds is 4. The quantitative estimate of drug-likeness (QED) is 0.879. The molecule has 0 saturated heterocycles. The van der Waals surface area contributed by atoms with Crippen molar-refractivity contribution in [3.63, 3.8) is 0 Å². The predicted molar refractivity (Wildman–Crippen MR) is 86.8 cm³/mol. The van der Waals surface area contributed by atoms with Gasteiger partial charge in [-0.1, -0.05) is 12.1 Å². The number of sulfone groups is 1. The molecule has 0 heterocycles. The van der Waals surface area contributed by atoms with Crippen LogP contribution in [0, 0.1) is 0 Å². The van der Waals surface area contributed by atoms with Crippen LogP contribution in [0.15, 0.2) is 47.4 Å². The average Bonchev–Trinajstić information content (AvgIpc) is 2.44. The molecule has 0 radical (unpaired) electrons. The summed E-state index contributed by atoms with van der Waals surface area (Å²) in [5.41, 5.74) is 6.77. The molecule has 0 spiro atoms. The van der Waals surface area contributed by atoms with E-state index in [1.807, 2.05) is 0 Å². The summed E-state index contributed by atoms with van der Waals surface area (Å²) in [7, 11) is -3.42. The van der Waals surface area contributed by atoms with Crippen LogP contribution in [0.5, 0.6) is 5.75 Å². The highest BCUT2D eigenvalue weighted by molar-refractivity contribution is 7.90. The minimum Gasteiger partial charge on any atom is -0.406 e. The number of ether oxygens (including phenoxy) is 1. The maximum absolute atomic E-state index is 12.4. The predicted octanol–water partition coefficient (Wildman–Crippen LogP) is 3.54. The molecule has 4 nitrogen and oxygen atoms in total. The smallest absolute Gasteiger partial charge is 0.406 e. The lowest BCUT2D eigenvalue weighted by molar-refractivity contribution is -0.274. The van der Waals surface area contributed by atoms with E-state index >= 15 is 0 Å². The van der Waals surface area contributed by atoms with E-state index in [-0.39, 0.29) is 23.8 Å². The van der Waals surface area contributed by atoms with Gasteiger partial charge < -0.3 is 10.5 Å². The van der Waals surface area contributed by atoms with Gasteiger partial charge in [-0.25, -0.2) is 8.42 Å². The van der Waals surface area contributed by atoms with Crippen molar-refractivity contribution in [1.29, 1.82) is 0 Å². The Kier molecular flexibility index (Phi) is 6.26. The normalized spacial score (nSPS) is 11.7. The Labute approximate surface area is 143 Å². The number of halogens is 4. The SMILES string of the molecule is CS(=O)(=O)c1cccc(-c2cc(CN)cc(OC(F)(F)F)c2)c1.Cl. The van der Waals surface area contributed by atoms with Crippen molar-refractivity contribution >= 4 is 22.2 Å². The maximum atomic E-state index is 12.4. The summed E-state index contributed by atoms with van der Waals surface area (Å²) in [5, 5.41) is 0. The first-order valence-electron chi connectivity index (χ1n) is 6.49. The van der Waals surface area contributed by atoms with Crippen LogP contribution in [-0.2, 0) is 16.4 Å². The fourth-order valence-electron chi connectivity index (χ4n) is 2.04. The molecule has 0 atom stereocenters. The van der Waals surface area contributed by atoms with Gasteiger partial charge in [0.2, 0.25) is 0 Å². The van der Waals surface area contributed by atoms with Gasteiger partial charge >= 0.3 is 6.36 Å². The maximum Gasteiger partial charge on any atom is 0.573 e. The van der Waals surface area contributed by atoms with Gasteiger partial charge in [0.15, 0.2) is 9.84 Å². The van der Waals surface area contributed by atoms with Crippen LogP contribution in [-0.4, -0.2) is 21.0 Å². The molecule has 0 bridgehead atoms. The van der Waals surface area contributed by atoms with Crippen LogP contribution < -0.4 is 10.5 Å². The Hall–Kier alpha value is -1.77. The number of benzene rings is 2. The fourth-order valence-corrected chi connectivity index (χ4v) is 2.71. The molecule has 0 unspecified atom stereocenters. The summed E-state index contributed by atoms with van der Waals surface area (Å²) < 4.78 is 64.3. The second-order valence-corrected chi connectivity index (χ2v) is 6.93. The topological polar surface area (TPSA) is 69.4 Å². The van der Waals surface area contributed by atoms with Crippen LogP contribution in [0.1, 0.15) is 5.56 Å². The van der Waals surface area contributed by atoms with Gasteiger partial charge in [-0.05, 0) is 47.0 Å². The van der Waals surface area contributed by atoms with Crippen LogP contribution >= 0.6 is 12.4 Å². The van der Waals surface area contributed by atoms with Crippen molar-refractivity contribution in [2.24, 2.45) is 5.73 Å². The van der Waals surface area contributed by atoms with Crippen LogP contribution in [0.4, 0.5) is 13.2 Å². The molecule has 0 aromatic heterocycles. The van der Waals surface area contributed by atoms with Gasteiger partial charge in [0.25, 0.3) is 0 Å². The van der Waals surface area contributed by atoms with Gasteiger partial charge in [0.05, 0.1) is 4.90 Å². The number of alkyl halides is 3. The molecule has 2 aromatic rings. The monoisotopic (exact) mass is 381 g/mol. The molecule has 0 aliphatic carbocycles. The minimum absolute atomic E-state index is 0. The largest absolute Gasteiger partial charge is 0.573 e. The summed E-state index contributed by atoms with van der Waals surface area (Å²) in [5.74, 6) is -0.403. The minimum atomic E-state index is -4.82. The summed E-state index contributed by atoms with van der Waals surface area (Å²) >= 11 is 0. The van der Waals surface area contributed by atoms with E-state index in [1.165, 1.54) is 30.3 Å². The lowest BCUT2D eigenvalue weighted by atomic mass is 10.0. The average molecular weight is 382 g/mol. The highest BCUT2D eigenvalue weighted by Crippen LogP contribution is 2.30. The van der Waals surface area contributed by atoms with Crippen LogP contribution in [0.2, 0.25) is 0 Å². The number of hydrogen-bond donors (Lipinski definition) is 1. The van der Waals surface area contributed by atoms with Gasteiger partial charge in [0, 0.05) is 12.8 Å². The van der Waals surface area contributed by atoms with Crippen molar-refractivity contribution in [3.05, 3.63) is 48.0 Å². The van der Waals surface area contributed by atoms with E-state index in [1.54, 1.807) is 12.1 Å². The summed E-state index contributed by atoms with van der Waals surface area (Å²) in [6.07, 6.45) is -3.76. The molecule has 0 saturated carbocycles. The van der Waals surface area contributed by atoms with Crippen molar-refractivity contribution in [2.45, 2.75) is 17.8 Å². The summed E-state index contributed by atoms with van der Waals surface area (Å²) in [6, 6.07) is 9.89. The third-order valence-electron chi connectivity index (χ3n) is 3.03. The fraction of sp³-hybridized carbons (Fsp3) is 0.200. The summed E-state index contributed by atoms with van der Waals surface area (Å²) in [6.45, 7) is 0.0217. The first kappa shape index (κ1) is 20.3. The van der Waals surface area contributed by atoms with Gasteiger partial charge in [-0.2, -0.15) is 0 Å². The molecular weight excluding hydrogens is 367 g/mol. The molecule has 9 heteroatoms. The zero-order valence-electron chi connectivity index (χ0n) is 12.5. The van der Waals surface area contributed by atoms with Crippen molar-refractivity contribution < 1.29 is 26.3 Å². The van der Waals surface area contributed by atoms with Gasteiger partial charge in [-0.15, -0.1) is 25.6 Å². The van der Waals surface area contributed by atoms with Crippen molar-refractivity contribution in [3.8, 4) is 16.9 Å². The van der Waals surface area contributed by atoms with E-state index in [0.29, 0.717) is 16.7 Å². The van der Waals surface area contributed by atoms with E-state index in [0.717, 1.165) is 6.26 Å². The van der Waals surface area contributed by atoms with E-state index in [4.69, 9.17) is 5.73 Å². The third-order valence-corrected chi connectivity index (χ3v) is 4.14. The third kappa shape index (κ3) is 5.40. The van der Waals surface area contributed by atoms with Crippen LogP contribution in [0.3, 0.4) is 0 Å². The zero-order chi connectivity index (χ0) is 17.3. The molecule has 132 valence electrons. The molecule has 0 aliphatic heterocycles. The molecular formula is C15H15ClF3NO3S. The highest BCUT2D eigenvalue weighted by atomic mass is 35.5. The van der Waals surface area contributed by atoms with Gasteiger partial charge in [-0.3, -0.25) is 0 Å². The highest BCUT2D eigenvalue weighted by Gasteiger charge is 2.31. The Morgan fingerprint density at radius 2 is 1.75 bits per heavy atom. The Morgan fingerprint density at radius 3 is 2.29 bits per heavy atom. The van der Waals surface area contributed by atoms with Crippen molar-refractivity contribution in [2.75, 3.05) is 6.26 Å². The summed E-state index contributed by atoms with van der Waals surface area (Å²) in [4.78, 5) is 0.0754. The zero-order valence-corrected chi connectivity index (χ0v) is 14.1. The molecule has 24 heavy (non-hydrogen) atoms. The Bertz CT molecular complexity index is 823. The second-order valence-electron chi connectivity index (χ2n) is 4.92. The lowest BCUT2D eigenvalue weighted by Gasteiger charge is -2.13. The molecule has 2 rings (SSSR count). The van der Waals surface area contributed by atoms with E-state index in [2.05, 4.69) is 4.74 Å². The van der Waals surface area contributed by atoms with Crippen molar-refractivity contribution in [1.82, 2.24) is 0 Å². The van der Waals surface area contributed by atoms with Gasteiger partial charge in [0.1, 0.15) is 5.75 Å².